The smallest absolute Gasteiger partial charge is 0.408 e. The van der Waals surface area contributed by atoms with Crippen molar-refractivity contribution in [2.24, 2.45) is 5.73 Å². The number of alkyl carbamates (subject to hydrolysis) is 1. The maximum atomic E-state index is 10.6. The normalized spacial score (nSPS) is 26.8. The number of nitrogens with two attached hydrogens (primary N) is 1. The van der Waals surface area contributed by atoms with E-state index in [0.29, 0.717) is 6.54 Å². The van der Waals surface area contributed by atoms with Gasteiger partial charge in [-0.15, -0.1) is 12.4 Å². The predicted molar refractivity (Wildman–Crippen MR) is 43.8 cm³/mol. The highest BCUT2D eigenvalue weighted by Crippen LogP contribution is 2.19. The Hall–Kier alpha value is -0.480. The first-order valence-electron chi connectivity index (χ1n) is 3.26. The van der Waals surface area contributed by atoms with E-state index < -0.39 is 5.60 Å². The van der Waals surface area contributed by atoms with Crippen molar-refractivity contribution in [3.05, 3.63) is 0 Å². The Kier molecular flexibility index (Phi) is 3.13. The zero-order valence-corrected chi connectivity index (χ0v) is 7.40. The van der Waals surface area contributed by atoms with Crippen LogP contribution < -0.4 is 11.1 Å². The van der Waals surface area contributed by atoms with Gasteiger partial charge in [-0.25, -0.2) is 4.79 Å². The molecule has 1 amide bonds. The van der Waals surface area contributed by atoms with Gasteiger partial charge in [-0.05, 0) is 13.8 Å². The van der Waals surface area contributed by atoms with Gasteiger partial charge in [0, 0.05) is 6.54 Å². The summed E-state index contributed by atoms with van der Waals surface area (Å²) in [6, 6.07) is -0.0556. The summed E-state index contributed by atoms with van der Waals surface area (Å²) in [5.41, 5.74) is 4.92. The molecule has 0 aromatic carbocycles. The third kappa shape index (κ3) is 1.97. The summed E-state index contributed by atoms with van der Waals surface area (Å²) < 4.78 is 4.92. The van der Waals surface area contributed by atoms with Gasteiger partial charge in [0.25, 0.3) is 0 Å². The second-order valence-corrected chi connectivity index (χ2v) is 2.93. The summed E-state index contributed by atoms with van der Waals surface area (Å²) >= 11 is 0. The van der Waals surface area contributed by atoms with E-state index in [-0.39, 0.29) is 24.5 Å². The molecule has 66 valence electrons. The fraction of sp³-hybridized carbons (Fsp3) is 0.833. The molecule has 1 aliphatic rings. The third-order valence-corrected chi connectivity index (χ3v) is 1.72. The number of halogens is 1. The standard InChI is InChI=1S/C6H12N2O2.ClH/c1-6(2)4(3-7)8-5(9)10-6;/h4H,3,7H2,1-2H3,(H,8,9);1H/t4-;/m0./s1. The van der Waals surface area contributed by atoms with E-state index in [1.807, 2.05) is 13.8 Å². The van der Waals surface area contributed by atoms with E-state index in [1.165, 1.54) is 0 Å². The largest absolute Gasteiger partial charge is 0.441 e. The van der Waals surface area contributed by atoms with Gasteiger partial charge in [0.15, 0.2) is 0 Å². The van der Waals surface area contributed by atoms with Crippen LogP contribution in [-0.4, -0.2) is 24.3 Å². The SMILES string of the molecule is CC1(C)OC(=O)N[C@H]1CN.Cl. The molecule has 3 N–H and O–H groups in total. The first-order chi connectivity index (χ1) is 4.56. The van der Waals surface area contributed by atoms with Crippen molar-refractivity contribution >= 4 is 18.5 Å². The van der Waals surface area contributed by atoms with Crippen LogP contribution in [0.3, 0.4) is 0 Å². The maximum absolute atomic E-state index is 10.6. The topological polar surface area (TPSA) is 64.3 Å². The van der Waals surface area contributed by atoms with E-state index in [0.717, 1.165) is 0 Å². The van der Waals surface area contributed by atoms with Crippen LogP contribution in [-0.2, 0) is 4.74 Å². The number of carbonyl (C=O) groups is 1. The Morgan fingerprint density at radius 2 is 2.27 bits per heavy atom. The summed E-state index contributed by atoms with van der Waals surface area (Å²) in [5, 5.41) is 2.61. The molecule has 5 heteroatoms. The number of carbonyl (C=O) groups excluding carboxylic acids is 1. The highest BCUT2D eigenvalue weighted by atomic mass is 35.5. The summed E-state index contributed by atoms with van der Waals surface area (Å²) in [6.45, 7) is 4.09. The molecule has 1 atom stereocenters. The lowest BCUT2D eigenvalue weighted by Crippen LogP contribution is -2.44. The maximum Gasteiger partial charge on any atom is 0.408 e. The lowest BCUT2D eigenvalue weighted by atomic mass is 10.0. The van der Waals surface area contributed by atoms with Gasteiger partial charge in [0.05, 0.1) is 6.04 Å². The Bertz CT molecular complexity index is 161. The number of ether oxygens (including phenoxy) is 1. The number of hydrogen-bond acceptors (Lipinski definition) is 3. The summed E-state index contributed by atoms with van der Waals surface area (Å²) in [6.07, 6.45) is -0.375. The van der Waals surface area contributed by atoms with Crippen molar-refractivity contribution in [2.45, 2.75) is 25.5 Å². The van der Waals surface area contributed by atoms with Crippen molar-refractivity contribution in [3.8, 4) is 0 Å². The number of hydrogen-bond donors (Lipinski definition) is 2. The molecule has 1 heterocycles. The van der Waals surface area contributed by atoms with E-state index in [1.54, 1.807) is 0 Å². The Morgan fingerprint density at radius 3 is 2.45 bits per heavy atom. The first-order valence-corrected chi connectivity index (χ1v) is 3.26. The van der Waals surface area contributed by atoms with Gasteiger partial charge in [-0.3, -0.25) is 0 Å². The molecule has 0 aromatic rings. The van der Waals surface area contributed by atoms with Gasteiger partial charge in [0.2, 0.25) is 0 Å². The van der Waals surface area contributed by atoms with Crippen molar-refractivity contribution in [3.63, 3.8) is 0 Å². The van der Waals surface area contributed by atoms with Gasteiger partial charge in [-0.1, -0.05) is 0 Å². The number of amides is 1. The lowest BCUT2D eigenvalue weighted by Gasteiger charge is -2.21. The van der Waals surface area contributed by atoms with Gasteiger partial charge in [0.1, 0.15) is 5.60 Å². The van der Waals surface area contributed by atoms with E-state index in [4.69, 9.17) is 10.5 Å². The molecule has 0 radical (unpaired) electrons. The van der Waals surface area contributed by atoms with Crippen LogP contribution in [0.1, 0.15) is 13.8 Å². The monoisotopic (exact) mass is 180 g/mol. The fourth-order valence-electron chi connectivity index (χ4n) is 0.998. The highest BCUT2D eigenvalue weighted by Gasteiger charge is 2.39. The molecule has 1 fully saturated rings. The lowest BCUT2D eigenvalue weighted by molar-refractivity contribution is 0.0701. The molecular weight excluding hydrogens is 168 g/mol. The van der Waals surface area contributed by atoms with Crippen molar-refractivity contribution in [1.82, 2.24) is 5.32 Å². The minimum Gasteiger partial charge on any atom is -0.441 e. The minimum absolute atomic E-state index is 0. The number of cyclic esters (lactones) is 1. The molecule has 0 bridgehead atoms. The average Bonchev–Trinajstić information content (AvgIpc) is 2.04. The quantitative estimate of drug-likeness (QED) is 0.608. The predicted octanol–water partition coefficient (Wildman–Crippen LogP) is 0.254. The molecule has 0 spiro atoms. The van der Waals surface area contributed by atoms with E-state index in [9.17, 15) is 4.79 Å². The summed E-state index contributed by atoms with van der Waals surface area (Å²) in [7, 11) is 0. The molecule has 1 rings (SSSR count). The van der Waals surface area contributed by atoms with Crippen molar-refractivity contribution < 1.29 is 9.53 Å². The minimum atomic E-state index is -0.453. The molecule has 0 saturated carbocycles. The Labute approximate surface area is 71.9 Å². The van der Waals surface area contributed by atoms with Gasteiger partial charge >= 0.3 is 6.09 Å². The second-order valence-electron chi connectivity index (χ2n) is 2.93. The van der Waals surface area contributed by atoms with Crippen LogP contribution in [0.15, 0.2) is 0 Å². The molecule has 4 nitrogen and oxygen atoms in total. The first kappa shape index (κ1) is 10.5. The highest BCUT2D eigenvalue weighted by molar-refractivity contribution is 5.85. The van der Waals surface area contributed by atoms with Crippen LogP contribution in [0.5, 0.6) is 0 Å². The van der Waals surface area contributed by atoms with Crippen LogP contribution in [0, 0.1) is 0 Å². The zero-order chi connectivity index (χ0) is 7.78. The van der Waals surface area contributed by atoms with Crippen LogP contribution in [0.25, 0.3) is 0 Å². The summed E-state index contributed by atoms with van der Waals surface area (Å²) in [5.74, 6) is 0. The zero-order valence-electron chi connectivity index (χ0n) is 6.59. The van der Waals surface area contributed by atoms with Crippen LogP contribution in [0.2, 0.25) is 0 Å². The molecule has 11 heavy (non-hydrogen) atoms. The molecular formula is C6H13ClN2O2. The van der Waals surface area contributed by atoms with E-state index in [2.05, 4.69) is 5.32 Å². The van der Waals surface area contributed by atoms with Crippen LogP contribution in [0.4, 0.5) is 4.79 Å². The molecule has 1 aliphatic heterocycles. The average molecular weight is 181 g/mol. The molecule has 0 unspecified atom stereocenters. The fourth-order valence-corrected chi connectivity index (χ4v) is 0.998. The van der Waals surface area contributed by atoms with Crippen LogP contribution >= 0.6 is 12.4 Å². The molecule has 1 saturated heterocycles. The second kappa shape index (κ2) is 3.28. The molecule has 0 aromatic heterocycles. The number of nitrogens with one attached hydrogen (secondary N) is 1. The Balaban J connectivity index is 0.000001000. The van der Waals surface area contributed by atoms with Gasteiger partial charge in [-0.2, -0.15) is 0 Å². The third-order valence-electron chi connectivity index (χ3n) is 1.72. The van der Waals surface area contributed by atoms with Gasteiger partial charge < -0.3 is 15.8 Å². The molecule has 0 aliphatic carbocycles. The van der Waals surface area contributed by atoms with Crippen molar-refractivity contribution in [1.29, 1.82) is 0 Å². The van der Waals surface area contributed by atoms with Crippen molar-refractivity contribution in [2.75, 3.05) is 6.54 Å². The Morgan fingerprint density at radius 1 is 1.73 bits per heavy atom. The van der Waals surface area contributed by atoms with E-state index >= 15 is 0 Å². The summed E-state index contributed by atoms with van der Waals surface area (Å²) in [4.78, 5) is 10.6. The number of rotatable bonds is 1.